The van der Waals surface area contributed by atoms with Crippen molar-refractivity contribution in [2.24, 2.45) is 0 Å². The van der Waals surface area contributed by atoms with Crippen LogP contribution in [0.5, 0.6) is 0 Å². The van der Waals surface area contributed by atoms with Crippen LogP contribution in [0.3, 0.4) is 0 Å². The maximum absolute atomic E-state index is 13.8. The standard InChI is InChI=1S/C13H12BrClFN3O/c1-6(15)13-18-10-3-8(14)9(16)4-11(10)19(13)7-2-12(20)17-5-7/h3-4,6-7H,2,5H2,1H3,(H,17,20). The third kappa shape index (κ3) is 2.20. The van der Waals surface area contributed by atoms with Gasteiger partial charge < -0.3 is 9.88 Å². The lowest BCUT2D eigenvalue weighted by molar-refractivity contribution is -0.119. The minimum Gasteiger partial charge on any atom is -0.354 e. The third-order valence-electron chi connectivity index (χ3n) is 3.44. The summed E-state index contributed by atoms with van der Waals surface area (Å²) in [4.78, 5) is 15.9. The Morgan fingerprint density at radius 1 is 1.60 bits per heavy atom. The normalized spacial score (nSPS) is 20.4. The molecule has 7 heteroatoms. The van der Waals surface area contributed by atoms with E-state index in [9.17, 15) is 9.18 Å². The second kappa shape index (κ2) is 5.00. The molecule has 1 amide bonds. The molecule has 0 bridgehead atoms. The molecule has 0 aliphatic carbocycles. The molecule has 3 rings (SSSR count). The van der Waals surface area contributed by atoms with Crippen LogP contribution in [-0.4, -0.2) is 22.0 Å². The molecule has 2 unspecified atom stereocenters. The zero-order valence-corrected chi connectivity index (χ0v) is 13.0. The Bertz CT molecular complexity index is 700. The van der Waals surface area contributed by atoms with Gasteiger partial charge in [0, 0.05) is 19.0 Å². The molecule has 1 aromatic carbocycles. The smallest absolute Gasteiger partial charge is 0.222 e. The lowest BCUT2D eigenvalue weighted by atomic mass is 10.2. The van der Waals surface area contributed by atoms with Gasteiger partial charge in [-0.2, -0.15) is 0 Å². The minimum atomic E-state index is -0.357. The number of benzene rings is 1. The average molecular weight is 361 g/mol. The van der Waals surface area contributed by atoms with Crippen molar-refractivity contribution < 1.29 is 9.18 Å². The lowest BCUT2D eigenvalue weighted by Gasteiger charge is -2.16. The fourth-order valence-electron chi connectivity index (χ4n) is 2.55. The van der Waals surface area contributed by atoms with Crippen LogP contribution in [0.2, 0.25) is 0 Å². The van der Waals surface area contributed by atoms with E-state index in [-0.39, 0.29) is 23.1 Å². The highest BCUT2D eigenvalue weighted by atomic mass is 79.9. The van der Waals surface area contributed by atoms with Crippen LogP contribution >= 0.6 is 27.5 Å². The summed E-state index contributed by atoms with van der Waals surface area (Å²) in [5.74, 6) is 0.285. The number of imidazole rings is 1. The van der Waals surface area contributed by atoms with Crippen LogP contribution in [0, 0.1) is 5.82 Å². The van der Waals surface area contributed by atoms with Gasteiger partial charge in [0.05, 0.1) is 26.9 Å². The minimum absolute atomic E-state index is 0.0115. The number of alkyl halides is 1. The van der Waals surface area contributed by atoms with Crippen LogP contribution in [0.4, 0.5) is 4.39 Å². The largest absolute Gasteiger partial charge is 0.354 e. The Hall–Kier alpha value is -1.14. The zero-order valence-electron chi connectivity index (χ0n) is 10.7. The van der Waals surface area contributed by atoms with Gasteiger partial charge in [-0.25, -0.2) is 9.37 Å². The number of fused-ring (bicyclic) bond motifs is 1. The van der Waals surface area contributed by atoms with Crippen LogP contribution in [0.1, 0.15) is 30.6 Å². The van der Waals surface area contributed by atoms with Crippen LogP contribution < -0.4 is 5.32 Å². The Morgan fingerprint density at radius 3 is 2.95 bits per heavy atom. The van der Waals surface area contributed by atoms with E-state index in [0.29, 0.717) is 34.3 Å². The third-order valence-corrected chi connectivity index (χ3v) is 4.24. The second-order valence-electron chi connectivity index (χ2n) is 4.87. The molecule has 2 aromatic rings. The first-order valence-corrected chi connectivity index (χ1v) is 7.48. The molecule has 1 fully saturated rings. The van der Waals surface area contributed by atoms with Gasteiger partial charge in [-0.1, -0.05) is 0 Å². The molecule has 0 spiro atoms. The van der Waals surface area contributed by atoms with Crippen molar-refractivity contribution in [3.8, 4) is 0 Å². The number of hydrogen-bond donors (Lipinski definition) is 1. The Morgan fingerprint density at radius 2 is 2.35 bits per heavy atom. The molecule has 20 heavy (non-hydrogen) atoms. The topological polar surface area (TPSA) is 46.9 Å². The molecule has 1 N–H and O–H groups in total. The molecular weight excluding hydrogens is 349 g/mol. The molecule has 2 heterocycles. The summed E-state index contributed by atoms with van der Waals surface area (Å²) in [7, 11) is 0. The van der Waals surface area contributed by atoms with Crippen molar-refractivity contribution in [3.05, 3.63) is 28.2 Å². The number of nitrogens with one attached hydrogen (secondary N) is 1. The highest BCUT2D eigenvalue weighted by molar-refractivity contribution is 9.10. The molecule has 0 saturated carbocycles. The highest BCUT2D eigenvalue weighted by Crippen LogP contribution is 2.32. The molecule has 1 saturated heterocycles. The number of hydrogen-bond acceptors (Lipinski definition) is 2. The molecule has 1 aromatic heterocycles. The first-order chi connectivity index (χ1) is 9.47. The molecule has 2 atom stereocenters. The van der Waals surface area contributed by atoms with E-state index in [2.05, 4.69) is 26.2 Å². The summed E-state index contributed by atoms with van der Waals surface area (Å²) in [5, 5.41) is 2.46. The van der Waals surface area contributed by atoms with Gasteiger partial charge >= 0.3 is 0 Å². The van der Waals surface area contributed by atoms with Gasteiger partial charge in [-0.15, -0.1) is 11.6 Å². The summed E-state index contributed by atoms with van der Waals surface area (Å²) >= 11 is 9.34. The first-order valence-electron chi connectivity index (χ1n) is 6.25. The summed E-state index contributed by atoms with van der Waals surface area (Å²) in [5.41, 5.74) is 1.33. The van der Waals surface area contributed by atoms with E-state index in [1.165, 1.54) is 6.07 Å². The quantitative estimate of drug-likeness (QED) is 0.835. The Labute approximate surface area is 128 Å². The monoisotopic (exact) mass is 359 g/mol. The van der Waals surface area contributed by atoms with Crippen LogP contribution in [0.15, 0.2) is 16.6 Å². The van der Waals surface area contributed by atoms with Crippen molar-refractivity contribution in [2.45, 2.75) is 24.8 Å². The molecule has 106 valence electrons. The van der Waals surface area contributed by atoms with Crippen molar-refractivity contribution >= 4 is 44.5 Å². The number of carbonyl (C=O) groups is 1. The number of halogens is 3. The predicted octanol–water partition coefficient (Wildman–Crippen LogP) is 3.30. The van der Waals surface area contributed by atoms with E-state index in [1.807, 2.05) is 11.5 Å². The van der Waals surface area contributed by atoms with Gasteiger partial charge in [0.2, 0.25) is 5.91 Å². The Kier molecular flexibility index (Phi) is 3.46. The van der Waals surface area contributed by atoms with E-state index < -0.39 is 0 Å². The number of carbonyl (C=O) groups excluding carboxylic acids is 1. The van der Waals surface area contributed by atoms with E-state index in [4.69, 9.17) is 11.6 Å². The number of aromatic nitrogens is 2. The fraction of sp³-hybridized carbons (Fsp3) is 0.385. The van der Waals surface area contributed by atoms with Gasteiger partial charge in [0.1, 0.15) is 11.6 Å². The molecule has 0 radical (unpaired) electrons. The second-order valence-corrected chi connectivity index (χ2v) is 6.38. The van der Waals surface area contributed by atoms with Crippen molar-refractivity contribution in [3.63, 3.8) is 0 Å². The van der Waals surface area contributed by atoms with Crippen molar-refractivity contribution in [1.29, 1.82) is 0 Å². The van der Waals surface area contributed by atoms with E-state index in [0.717, 1.165) is 0 Å². The van der Waals surface area contributed by atoms with Gasteiger partial charge in [-0.05, 0) is 28.9 Å². The summed E-state index contributed by atoms with van der Waals surface area (Å²) < 4.78 is 16.0. The summed E-state index contributed by atoms with van der Waals surface area (Å²) in [6.07, 6.45) is 0.361. The maximum atomic E-state index is 13.8. The molecule has 4 nitrogen and oxygen atoms in total. The van der Waals surface area contributed by atoms with Crippen LogP contribution in [0.25, 0.3) is 11.0 Å². The van der Waals surface area contributed by atoms with Crippen molar-refractivity contribution in [1.82, 2.24) is 14.9 Å². The van der Waals surface area contributed by atoms with Crippen molar-refractivity contribution in [2.75, 3.05) is 6.54 Å². The lowest BCUT2D eigenvalue weighted by Crippen LogP contribution is -2.17. The maximum Gasteiger partial charge on any atom is 0.222 e. The Balaban J connectivity index is 2.23. The predicted molar refractivity (Wildman–Crippen MR) is 78.3 cm³/mol. The van der Waals surface area contributed by atoms with E-state index >= 15 is 0 Å². The zero-order chi connectivity index (χ0) is 14.4. The average Bonchev–Trinajstić information content (AvgIpc) is 2.94. The molecule has 1 aliphatic heterocycles. The van der Waals surface area contributed by atoms with Crippen LogP contribution in [-0.2, 0) is 4.79 Å². The van der Waals surface area contributed by atoms with E-state index in [1.54, 1.807) is 6.07 Å². The van der Waals surface area contributed by atoms with Gasteiger partial charge in [0.25, 0.3) is 0 Å². The summed E-state index contributed by atoms with van der Waals surface area (Å²) in [6, 6.07) is 2.98. The SMILES string of the molecule is CC(Cl)c1nc2cc(Br)c(F)cc2n1C1CNC(=O)C1. The van der Waals surface area contributed by atoms with Gasteiger partial charge in [-0.3, -0.25) is 4.79 Å². The highest BCUT2D eigenvalue weighted by Gasteiger charge is 2.28. The first kappa shape index (κ1) is 13.8. The summed E-state index contributed by atoms with van der Waals surface area (Å²) in [6.45, 7) is 2.33. The number of rotatable bonds is 2. The number of amides is 1. The fourth-order valence-corrected chi connectivity index (χ4v) is 3.03. The number of nitrogens with zero attached hydrogens (tertiary/aromatic N) is 2. The van der Waals surface area contributed by atoms with Gasteiger partial charge in [0.15, 0.2) is 0 Å². The molecular formula is C13H12BrClFN3O. The molecule has 1 aliphatic rings.